The largest absolute Gasteiger partial charge is 0.488 e. The number of rotatable bonds is 10. The second-order valence-corrected chi connectivity index (χ2v) is 16.9. The van der Waals surface area contributed by atoms with Crippen LogP contribution in [0.3, 0.4) is 0 Å². The number of carbonyl (C=O) groups excluding carboxylic acids is 3. The Morgan fingerprint density at radius 1 is 0.881 bits per heavy atom. The third-order valence-corrected chi connectivity index (χ3v) is 12.8. The number of ether oxygens (including phenoxy) is 3. The van der Waals surface area contributed by atoms with E-state index in [-0.39, 0.29) is 54.6 Å². The van der Waals surface area contributed by atoms with E-state index in [0.717, 1.165) is 99.1 Å². The highest BCUT2D eigenvalue weighted by atomic mass is 19.1. The lowest BCUT2D eigenvalue weighted by Gasteiger charge is -2.40. The average Bonchev–Trinajstić information content (AvgIpc) is 3.66. The fourth-order valence-electron chi connectivity index (χ4n) is 9.00. The van der Waals surface area contributed by atoms with Crippen LogP contribution in [-0.4, -0.2) is 155 Å². The molecule has 0 bridgehead atoms. The van der Waals surface area contributed by atoms with Gasteiger partial charge in [0.1, 0.15) is 29.5 Å². The van der Waals surface area contributed by atoms with E-state index in [1.807, 2.05) is 29.2 Å². The summed E-state index contributed by atoms with van der Waals surface area (Å²) in [4.78, 5) is 56.8. The molecule has 59 heavy (non-hydrogen) atoms. The Morgan fingerprint density at radius 2 is 1.59 bits per heavy atom. The minimum absolute atomic E-state index is 0.00547. The summed E-state index contributed by atoms with van der Waals surface area (Å²) < 4.78 is 34.8. The van der Waals surface area contributed by atoms with Gasteiger partial charge in [-0.3, -0.25) is 34.6 Å². The van der Waals surface area contributed by atoms with Gasteiger partial charge in [0.05, 0.1) is 54.6 Å². The lowest BCUT2D eigenvalue weighted by Crippen LogP contribution is -2.53. The van der Waals surface area contributed by atoms with Crippen molar-refractivity contribution in [3.8, 4) is 17.1 Å². The minimum Gasteiger partial charge on any atom is -0.488 e. The molecule has 5 aliphatic heterocycles. The Balaban J connectivity index is 0.667. The molecule has 2 aromatic carbocycles. The molecule has 3 amide bonds. The van der Waals surface area contributed by atoms with Crippen molar-refractivity contribution in [2.75, 3.05) is 88.5 Å². The van der Waals surface area contributed by atoms with E-state index < -0.39 is 17.8 Å². The van der Waals surface area contributed by atoms with Crippen LogP contribution >= 0.6 is 0 Å². The SMILES string of the molecule is CC1(Oc2ccc3n[nH]c(-c4cc(N5CCN(C[C@H]6CO[C@H](CN7CCN(c8ccc9c(c8F)CN(C8CCC(=O)NC8=O)C9=O)CC7)CO6)CC5)ncn4)c3c2)CC1. The molecule has 4 aromatic rings. The number of fused-ring (bicyclic) bond motifs is 2. The van der Waals surface area contributed by atoms with Crippen molar-refractivity contribution in [3.05, 3.63) is 59.7 Å². The predicted molar refractivity (Wildman–Crippen MR) is 215 cm³/mol. The molecule has 1 unspecified atom stereocenters. The van der Waals surface area contributed by atoms with E-state index >= 15 is 4.39 Å². The van der Waals surface area contributed by atoms with Crippen molar-refractivity contribution in [2.24, 2.45) is 0 Å². The molecule has 1 saturated carbocycles. The highest BCUT2D eigenvalue weighted by Crippen LogP contribution is 2.41. The number of imide groups is 1. The van der Waals surface area contributed by atoms with Crippen LogP contribution in [0, 0.1) is 5.82 Å². The van der Waals surface area contributed by atoms with Gasteiger partial charge in [0.2, 0.25) is 11.8 Å². The maximum Gasteiger partial charge on any atom is 0.255 e. The zero-order valence-corrected chi connectivity index (χ0v) is 33.2. The molecule has 310 valence electrons. The molecule has 1 aliphatic carbocycles. The van der Waals surface area contributed by atoms with Gasteiger partial charge in [-0.25, -0.2) is 14.4 Å². The fraction of sp³-hybridized carbons (Fsp3) is 0.524. The van der Waals surface area contributed by atoms with Crippen LogP contribution in [0.2, 0.25) is 0 Å². The lowest BCUT2D eigenvalue weighted by atomic mass is 10.0. The van der Waals surface area contributed by atoms with Gasteiger partial charge < -0.3 is 28.9 Å². The second kappa shape index (κ2) is 15.4. The third-order valence-electron chi connectivity index (χ3n) is 12.8. The molecule has 6 aliphatic rings. The van der Waals surface area contributed by atoms with Gasteiger partial charge in [0.25, 0.3) is 5.91 Å². The van der Waals surface area contributed by atoms with Crippen molar-refractivity contribution in [1.29, 1.82) is 0 Å². The van der Waals surface area contributed by atoms with Crippen molar-refractivity contribution < 1.29 is 33.0 Å². The molecular weight excluding hydrogens is 760 g/mol. The summed E-state index contributed by atoms with van der Waals surface area (Å²) in [5.74, 6) is 0.0932. The van der Waals surface area contributed by atoms with Crippen LogP contribution in [0.4, 0.5) is 15.9 Å². The van der Waals surface area contributed by atoms with Crippen LogP contribution in [-0.2, 0) is 25.6 Å². The molecule has 0 radical (unpaired) electrons. The molecular formula is C42H49FN10O6. The van der Waals surface area contributed by atoms with E-state index in [1.165, 1.54) is 4.90 Å². The molecule has 3 atom stereocenters. The Hall–Kier alpha value is -5.23. The Kier molecular flexibility index (Phi) is 9.93. The monoisotopic (exact) mass is 808 g/mol. The van der Waals surface area contributed by atoms with Crippen LogP contribution in [0.1, 0.15) is 48.5 Å². The third kappa shape index (κ3) is 7.72. The summed E-state index contributed by atoms with van der Waals surface area (Å²) in [5, 5.41) is 11.0. The van der Waals surface area contributed by atoms with Gasteiger partial charge in [0.15, 0.2) is 5.82 Å². The van der Waals surface area contributed by atoms with E-state index in [9.17, 15) is 14.4 Å². The van der Waals surface area contributed by atoms with Gasteiger partial charge >= 0.3 is 0 Å². The van der Waals surface area contributed by atoms with Gasteiger partial charge in [-0.2, -0.15) is 5.10 Å². The minimum atomic E-state index is -0.775. The number of nitrogens with zero attached hydrogens (tertiary/aromatic N) is 8. The highest BCUT2D eigenvalue weighted by Gasteiger charge is 2.42. The number of aromatic nitrogens is 4. The number of aromatic amines is 1. The first kappa shape index (κ1) is 38.0. The van der Waals surface area contributed by atoms with E-state index in [4.69, 9.17) is 14.2 Å². The van der Waals surface area contributed by atoms with Crippen LogP contribution < -0.4 is 19.9 Å². The molecule has 4 saturated heterocycles. The van der Waals surface area contributed by atoms with Gasteiger partial charge in [0, 0.05) is 94.4 Å². The molecule has 16 nitrogen and oxygen atoms in total. The quantitative estimate of drug-likeness (QED) is 0.225. The Morgan fingerprint density at radius 3 is 2.27 bits per heavy atom. The number of piperazine rings is 2. The first-order chi connectivity index (χ1) is 28.7. The number of H-pyrrole nitrogens is 1. The van der Waals surface area contributed by atoms with Crippen molar-refractivity contribution in [3.63, 3.8) is 0 Å². The topological polar surface area (TPSA) is 162 Å². The fourth-order valence-corrected chi connectivity index (χ4v) is 9.00. The molecule has 7 heterocycles. The number of amides is 3. The number of halogens is 1. The zero-order chi connectivity index (χ0) is 40.3. The molecule has 17 heteroatoms. The van der Waals surface area contributed by atoms with Crippen molar-refractivity contribution >= 4 is 40.1 Å². The smallest absolute Gasteiger partial charge is 0.255 e. The van der Waals surface area contributed by atoms with E-state index in [1.54, 1.807) is 18.5 Å². The summed E-state index contributed by atoms with van der Waals surface area (Å²) in [6, 6.07) is 10.6. The molecule has 2 N–H and O–H groups in total. The maximum absolute atomic E-state index is 15.9. The standard InChI is InChI=1S/C42H49FN10O6/c1-42(8-9-42)59-26-2-4-32-30(18-26)39(48-47-32)33-19-36(45-25-44-33)52-16-12-50(13-17-52)21-28-24-57-27(23-58-28)20-49-10-14-51(15-11-49)34-5-3-29-31(38(34)43)22-53(41(29)56)35-6-7-37(54)46-40(35)55/h2-5,18-19,25,27-28,35H,6-17,20-24H2,1H3,(H,47,48)(H,46,54,55)/t27-,28+,35?/m1/s1. The number of carbonyl (C=O) groups is 3. The number of anilines is 2. The van der Waals surface area contributed by atoms with Gasteiger partial charge in [-0.05, 0) is 56.5 Å². The molecule has 10 rings (SSSR count). The number of piperidine rings is 1. The summed E-state index contributed by atoms with van der Waals surface area (Å²) in [7, 11) is 0. The first-order valence-corrected chi connectivity index (χ1v) is 20.8. The second-order valence-electron chi connectivity index (χ2n) is 16.9. The molecule has 5 fully saturated rings. The summed E-state index contributed by atoms with van der Waals surface area (Å²) in [6.45, 7) is 11.0. The number of hydrogen-bond donors (Lipinski definition) is 2. The summed E-state index contributed by atoms with van der Waals surface area (Å²) in [5.41, 5.74) is 3.53. The van der Waals surface area contributed by atoms with Crippen molar-refractivity contribution in [2.45, 2.75) is 63.0 Å². The summed E-state index contributed by atoms with van der Waals surface area (Å²) >= 11 is 0. The maximum atomic E-state index is 15.9. The Labute approximate surface area is 340 Å². The van der Waals surface area contributed by atoms with Crippen LogP contribution in [0.15, 0.2) is 42.7 Å². The van der Waals surface area contributed by atoms with Gasteiger partial charge in [-0.15, -0.1) is 0 Å². The van der Waals surface area contributed by atoms with Crippen molar-refractivity contribution in [1.82, 2.24) is 40.2 Å². The predicted octanol–water partition coefficient (Wildman–Crippen LogP) is 2.58. The highest BCUT2D eigenvalue weighted by molar-refractivity contribution is 6.05. The number of hydrogen-bond acceptors (Lipinski definition) is 13. The summed E-state index contributed by atoms with van der Waals surface area (Å²) in [6.07, 6.45) is 4.14. The lowest BCUT2D eigenvalue weighted by molar-refractivity contribution is -0.145. The Bertz CT molecular complexity index is 2260. The van der Waals surface area contributed by atoms with Gasteiger partial charge in [-0.1, -0.05) is 0 Å². The normalized spacial score (nSPS) is 25.1. The molecule has 2 aromatic heterocycles. The van der Waals surface area contributed by atoms with E-state index in [2.05, 4.69) is 47.1 Å². The average molecular weight is 809 g/mol. The van der Waals surface area contributed by atoms with Crippen LogP contribution in [0.5, 0.6) is 5.75 Å². The number of nitrogens with one attached hydrogen (secondary N) is 2. The van der Waals surface area contributed by atoms with Crippen LogP contribution in [0.25, 0.3) is 22.3 Å². The van der Waals surface area contributed by atoms with E-state index in [0.29, 0.717) is 37.6 Å². The molecule has 0 spiro atoms. The zero-order valence-electron chi connectivity index (χ0n) is 33.2. The number of benzene rings is 2. The first-order valence-electron chi connectivity index (χ1n) is 20.8.